The van der Waals surface area contributed by atoms with E-state index in [1.165, 1.54) is 58.2 Å². The van der Waals surface area contributed by atoms with Crippen LogP contribution in [0.25, 0.3) is 0 Å². The third kappa shape index (κ3) is 3.96. The largest absolute Gasteiger partial charge is 0.310 e. The number of nitrogens with one attached hydrogen (secondary N) is 1. The molecule has 3 aliphatic rings. The first kappa shape index (κ1) is 12.9. The second-order valence-electron chi connectivity index (χ2n) is 7.53. The topological polar surface area (TPSA) is 15.3 Å². The van der Waals surface area contributed by atoms with Crippen LogP contribution in [-0.2, 0) is 0 Å². The molecule has 0 spiro atoms. The number of nitrogens with zero attached hydrogens (tertiary/aromatic N) is 1. The van der Waals surface area contributed by atoms with Gasteiger partial charge >= 0.3 is 0 Å². The summed E-state index contributed by atoms with van der Waals surface area (Å²) in [5.74, 6) is 2.88. The van der Waals surface area contributed by atoms with E-state index in [4.69, 9.17) is 0 Å². The number of hydrogen-bond donors (Lipinski definition) is 1. The van der Waals surface area contributed by atoms with Crippen LogP contribution in [0.4, 0.5) is 0 Å². The van der Waals surface area contributed by atoms with Crippen LogP contribution in [-0.4, -0.2) is 36.6 Å². The number of piperidine rings is 1. The molecule has 2 aliphatic carbocycles. The molecule has 2 heteroatoms. The normalized spacial score (nSPS) is 34.2. The van der Waals surface area contributed by atoms with Gasteiger partial charge in [0.05, 0.1) is 0 Å². The summed E-state index contributed by atoms with van der Waals surface area (Å²) in [4.78, 5) is 2.74. The van der Waals surface area contributed by atoms with E-state index in [1.54, 1.807) is 0 Å². The van der Waals surface area contributed by atoms with Gasteiger partial charge in [0.25, 0.3) is 0 Å². The van der Waals surface area contributed by atoms with Crippen LogP contribution >= 0.6 is 0 Å². The van der Waals surface area contributed by atoms with Gasteiger partial charge in [0.15, 0.2) is 0 Å². The lowest BCUT2D eigenvalue weighted by Gasteiger charge is -2.39. The fourth-order valence-corrected chi connectivity index (χ4v) is 3.67. The first-order valence-corrected chi connectivity index (χ1v) is 8.17. The summed E-state index contributed by atoms with van der Waals surface area (Å²) in [6.45, 7) is 8.68. The van der Waals surface area contributed by atoms with Crippen molar-refractivity contribution in [3.63, 3.8) is 0 Å². The van der Waals surface area contributed by atoms with Crippen LogP contribution in [0.15, 0.2) is 0 Å². The third-order valence-corrected chi connectivity index (χ3v) is 4.65. The highest BCUT2D eigenvalue weighted by atomic mass is 15.2. The van der Waals surface area contributed by atoms with Gasteiger partial charge in [-0.3, -0.25) is 0 Å². The molecule has 1 N–H and O–H groups in total. The minimum Gasteiger partial charge on any atom is -0.310 e. The van der Waals surface area contributed by atoms with E-state index in [2.05, 4.69) is 24.1 Å². The molecule has 3 fully saturated rings. The Bertz CT molecular complexity index is 228. The molecule has 0 aromatic heterocycles. The molecule has 0 amide bonds. The molecule has 1 aliphatic heterocycles. The zero-order valence-corrected chi connectivity index (χ0v) is 12.2. The fourth-order valence-electron chi connectivity index (χ4n) is 3.67. The van der Waals surface area contributed by atoms with Crippen LogP contribution in [0.1, 0.15) is 52.4 Å². The van der Waals surface area contributed by atoms with Gasteiger partial charge in [0.2, 0.25) is 0 Å². The zero-order chi connectivity index (χ0) is 12.5. The molecule has 104 valence electrons. The maximum atomic E-state index is 3.88. The smallest absolute Gasteiger partial charge is 0.0200 e. The van der Waals surface area contributed by atoms with Crippen LogP contribution < -0.4 is 5.32 Å². The van der Waals surface area contributed by atoms with Crippen molar-refractivity contribution in [1.29, 1.82) is 0 Å². The standard InChI is InChI=1S/C16H30N2/c1-12(2)9-18-10-14(7-13-3-4-13)8-16(11-18)17-15-5-6-15/h12-17H,3-11H2,1-2H3. The first-order chi connectivity index (χ1) is 8.69. The van der Waals surface area contributed by atoms with Crippen molar-refractivity contribution in [1.82, 2.24) is 10.2 Å². The van der Waals surface area contributed by atoms with Gasteiger partial charge in [-0.1, -0.05) is 26.7 Å². The molecule has 2 unspecified atom stereocenters. The summed E-state index contributed by atoms with van der Waals surface area (Å²) in [5, 5.41) is 3.88. The van der Waals surface area contributed by atoms with Crippen molar-refractivity contribution in [3.8, 4) is 0 Å². The second kappa shape index (κ2) is 5.50. The molecule has 0 aromatic carbocycles. The van der Waals surface area contributed by atoms with Gasteiger partial charge in [-0.25, -0.2) is 0 Å². The summed E-state index contributed by atoms with van der Waals surface area (Å²) in [5.41, 5.74) is 0. The number of rotatable bonds is 6. The number of hydrogen-bond acceptors (Lipinski definition) is 2. The molecule has 3 rings (SSSR count). The highest BCUT2D eigenvalue weighted by Gasteiger charge is 2.34. The quantitative estimate of drug-likeness (QED) is 0.780. The van der Waals surface area contributed by atoms with E-state index in [1.807, 2.05) is 0 Å². The predicted octanol–water partition coefficient (Wildman–Crippen LogP) is 2.89. The Balaban J connectivity index is 1.52. The Labute approximate surface area is 113 Å². The van der Waals surface area contributed by atoms with Gasteiger partial charge in [0.1, 0.15) is 0 Å². The maximum absolute atomic E-state index is 3.88. The fraction of sp³-hybridized carbons (Fsp3) is 1.00. The molecule has 18 heavy (non-hydrogen) atoms. The van der Waals surface area contributed by atoms with E-state index in [-0.39, 0.29) is 0 Å². The molecule has 0 bridgehead atoms. The molecular formula is C16H30N2. The first-order valence-electron chi connectivity index (χ1n) is 8.17. The molecule has 0 aromatic rings. The van der Waals surface area contributed by atoms with Crippen molar-refractivity contribution in [3.05, 3.63) is 0 Å². The SMILES string of the molecule is CC(C)CN1CC(CC2CC2)CC(NC2CC2)C1. The van der Waals surface area contributed by atoms with Crippen LogP contribution in [0.3, 0.4) is 0 Å². The van der Waals surface area contributed by atoms with E-state index in [0.29, 0.717) is 0 Å². The van der Waals surface area contributed by atoms with Crippen molar-refractivity contribution in [2.75, 3.05) is 19.6 Å². The molecule has 2 saturated carbocycles. The lowest BCUT2D eigenvalue weighted by molar-refractivity contribution is 0.120. The molecule has 1 saturated heterocycles. The van der Waals surface area contributed by atoms with Crippen LogP contribution in [0, 0.1) is 17.8 Å². The Morgan fingerprint density at radius 2 is 1.78 bits per heavy atom. The summed E-state index contributed by atoms with van der Waals surface area (Å²) in [6, 6.07) is 1.66. The van der Waals surface area contributed by atoms with E-state index in [0.717, 1.165) is 29.8 Å². The Morgan fingerprint density at radius 3 is 2.39 bits per heavy atom. The Morgan fingerprint density at radius 1 is 1.00 bits per heavy atom. The lowest BCUT2D eigenvalue weighted by atomic mass is 9.89. The molecule has 2 atom stereocenters. The highest BCUT2D eigenvalue weighted by Crippen LogP contribution is 2.38. The molecule has 1 heterocycles. The zero-order valence-electron chi connectivity index (χ0n) is 12.2. The average molecular weight is 250 g/mol. The van der Waals surface area contributed by atoms with Gasteiger partial charge in [0, 0.05) is 31.7 Å². The Kier molecular flexibility index (Phi) is 3.95. The predicted molar refractivity (Wildman–Crippen MR) is 76.7 cm³/mol. The van der Waals surface area contributed by atoms with E-state index < -0.39 is 0 Å². The molecular weight excluding hydrogens is 220 g/mol. The van der Waals surface area contributed by atoms with Gasteiger partial charge in [-0.05, 0) is 43.4 Å². The van der Waals surface area contributed by atoms with E-state index >= 15 is 0 Å². The molecule has 0 radical (unpaired) electrons. The van der Waals surface area contributed by atoms with Gasteiger partial charge < -0.3 is 10.2 Å². The lowest BCUT2D eigenvalue weighted by Crippen LogP contribution is -2.50. The Hall–Kier alpha value is -0.0800. The van der Waals surface area contributed by atoms with Crippen molar-refractivity contribution >= 4 is 0 Å². The average Bonchev–Trinajstić information content (AvgIpc) is 3.12. The van der Waals surface area contributed by atoms with Crippen LogP contribution in [0.5, 0.6) is 0 Å². The van der Waals surface area contributed by atoms with Crippen molar-refractivity contribution in [2.45, 2.75) is 64.5 Å². The third-order valence-electron chi connectivity index (χ3n) is 4.65. The second-order valence-corrected chi connectivity index (χ2v) is 7.53. The van der Waals surface area contributed by atoms with Gasteiger partial charge in [-0.15, -0.1) is 0 Å². The maximum Gasteiger partial charge on any atom is 0.0200 e. The van der Waals surface area contributed by atoms with Gasteiger partial charge in [-0.2, -0.15) is 0 Å². The molecule has 2 nitrogen and oxygen atoms in total. The van der Waals surface area contributed by atoms with E-state index in [9.17, 15) is 0 Å². The number of likely N-dealkylation sites (tertiary alicyclic amines) is 1. The minimum atomic E-state index is 0.786. The summed E-state index contributed by atoms with van der Waals surface area (Å²) < 4.78 is 0. The van der Waals surface area contributed by atoms with Crippen LogP contribution in [0.2, 0.25) is 0 Å². The summed E-state index contributed by atoms with van der Waals surface area (Å²) >= 11 is 0. The monoisotopic (exact) mass is 250 g/mol. The minimum absolute atomic E-state index is 0.786. The summed E-state index contributed by atoms with van der Waals surface area (Å²) in [6.07, 6.45) is 8.84. The summed E-state index contributed by atoms with van der Waals surface area (Å²) in [7, 11) is 0. The van der Waals surface area contributed by atoms with Crippen molar-refractivity contribution in [2.24, 2.45) is 17.8 Å². The highest BCUT2D eigenvalue weighted by molar-refractivity contribution is 4.91. The van der Waals surface area contributed by atoms with Crippen molar-refractivity contribution < 1.29 is 0 Å².